The Morgan fingerprint density at radius 3 is 2.26 bits per heavy atom. The molecule has 0 amide bonds. The number of rotatable bonds is 17. The molecule has 4 fully saturated rings. The monoisotopic (exact) mass is 1090 g/mol. The fourth-order valence-corrected chi connectivity index (χ4v) is 12.5. The van der Waals surface area contributed by atoms with E-state index in [-0.39, 0.29) is 25.2 Å². The van der Waals surface area contributed by atoms with E-state index in [4.69, 9.17) is 33.2 Å². The first-order valence-corrected chi connectivity index (χ1v) is 28.1. The van der Waals surface area contributed by atoms with E-state index in [1.807, 2.05) is 49.9 Å². The number of nitrogens with one attached hydrogen (secondary N) is 1. The van der Waals surface area contributed by atoms with Gasteiger partial charge in [-0.25, -0.2) is 9.07 Å². The Balaban J connectivity index is 1.24. The van der Waals surface area contributed by atoms with E-state index in [0.29, 0.717) is 31.6 Å². The van der Waals surface area contributed by atoms with E-state index in [2.05, 4.69) is 32.7 Å². The van der Waals surface area contributed by atoms with Crippen molar-refractivity contribution in [2.45, 2.75) is 210 Å². The number of ether oxygens (including phenoxy) is 7. The number of alkyl halides is 1. The highest BCUT2D eigenvalue weighted by molar-refractivity contribution is 5.73. The molecule has 1 aromatic heterocycles. The molecule has 77 heavy (non-hydrogen) atoms. The van der Waals surface area contributed by atoms with Crippen LogP contribution in [-0.4, -0.2) is 226 Å². The minimum atomic E-state index is -1.85. The van der Waals surface area contributed by atoms with Gasteiger partial charge in [-0.1, -0.05) is 50.3 Å². The first-order valence-electron chi connectivity index (χ1n) is 28.1. The van der Waals surface area contributed by atoms with Crippen LogP contribution < -0.4 is 5.32 Å². The number of aliphatic hydroxyl groups excluding tert-OH is 3. The number of hydrogen-bond acceptors (Lipinski definition) is 19. The zero-order chi connectivity index (χ0) is 56.7. The highest BCUT2D eigenvalue weighted by Gasteiger charge is 2.53. The van der Waals surface area contributed by atoms with Crippen molar-refractivity contribution >= 4 is 5.97 Å². The highest BCUT2D eigenvalue weighted by Crippen LogP contribution is 2.41. The number of likely N-dealkylation sites (N-methyl/N-ethyl adjacent to an activating group) is 2. The van der Waals surface area contributed by atoms with Crippen LogP contribution in [0.3, 0.4) is 0 Å². The van der Waals surface area contributed by atoms with Gasteiger partial charge in [-0.15, -0.1) is 5.10 Å². The number of hydrogen-bond donors (Lipinski definition) is 6. The Bertz CT molecular complexity index is 2120. The van der Waals surface area contributed by atoms with Gasteiger partial charge in [0.1, 0.15) is 48.8 Å². The fourth-order valence-electron chi connectivity index (χ4n) is 12.5. The topological polar surface area (TPSA) is 235 Å². The van der Waals surface area contributed by atoms with Crippen molar-refractivity contribution in [3.05, 3.63) is 47.3 Å². The van der Waals surface area contributed by atoms with Crippen LogP contribution in [0.4, 0.5) is 4.39 Å². The summed E-state index contributed by atoms with van der Waals surface area (Å²) < 4.78 is 60.8. The molecule has 1 aromatic carbocycles. The van der Waals surface area contributed by atoms with Gasteiger partial charge < -0.3 is 73.8 Å². The molecule has 2 aromatic rings. The largest absolute Gasteiger partial charge is 0.459 e. The third-order valence-corrected chi connectivity index (χ3v) is 17.4. The molecule has 4 saturated heterocycles. The Morgan fingerprint density at radius 1 is 0.961 bits per heavy atom. The van der Waals surface area contributed by atoms with E-state index in [0.717, 1.165) is 38.3 Å². The molecule has 21 heteroatoms. The molecule has 20 nitrogen and oxygen atoms in total. The predicted octanol–water partition coefficient (Wildman–Crippen LogP) is 3.41. The summed E-state index contributed by atoms with van der Waals surface area (Å²) in [5, 5.41) is 72.1. The maximum atomic E-state index is 15.0. The Hall–Kier alpha value is -2.84. The number of benzene rings is 1. The van der Waals surface area contributed by atoms with Gasteiger partial charge in [-0.2, -0.15) is 0 Å². The van der Waals surface area contributed by atoms with Crippen LogP contribution in [-0.2, 0) is 50.9 Å². The molecule has 0 bridgehead atoms. The Kier molecular flexibility index (Phi) is 22.4. The van der Waals surface area contributed by atoms with Crippen molar-refractivity contribution < 1.29 is 67.9 Å². The van der Waals surface area contributed by atoms with Crippen LogP contribution >= 0.6 is 0 Å². The van der Waals surface area contributed by atoms with E-state index in [9.17, 15) is 34.7 Å². The SMILES string of the molecule is CC[C@H]1OC(=O)[C@H](C)[C@@H](O[C@H]2C[C@@](C)(OC)[C@@H](O)[C@H](C)O2)[C@H](C)[C@@H](O[C@@H]2O[C@H](C)C[C@H](N(C)CCc3cn([C@H](CF)[C@H](OC)c4ccc(CN5CCNCC5)cc4)nn3)[C@H]2O)[C@](C)(O)C[C@@H](C)CN(C)[C@H](C)[C@@H](O)[C@]1(C)O. The summed E-state index contributed by atoms with van der Waals surface area (Å²) in [4.78, 5) is 20.9. The molecular formula is C56H96FN7O13. The summed E-state index contributed by atoms with van der Waals surface area (Å²) in [6.45, 7) is 22.4. The molecular weight excluding hydrogens is 998 g/mol. The molecule has 0 spiro atoms. The minimum Gasteiger partial charge on any atom is -0.459 e. The lowest BCUT2D eigenvalue weighted by Gasteiger charge is -2.49. The number of aliphatic hydroxyl groups is 5. The van der Waals surface area contributed by atoms with Crippen LogP contribution in [0.25, 0.3) is 0 Å². The lowest BCUT2D eigenvalue weighted by Crippen LogP contribution is -2.61. The molecule has 5 heterocycles. The van der Waals surface area contributed by atoms with Gasteiger partial charge in [-0.3, -0.25) is 9.69 Å². The smallest absolute Gasteiger partial charge is 0.311 e. The van der Waals surface area contributed by atoms with E-state index in [1.54, 1.807) is 61.8 Å². The van der Waals surface area contributed by atoms with Crippen molar-refractivity contribution in [2.75, 3.05) is 74.3 Å². The summed E-state index contributed by atoms with van der Waals surface area (Å²) in [7, 11) is 6.80. The lowest BCUT2D eigenvalue weighted by atomic mass is 9.77. The molecule has 0 radical (unpaired) electrons. The highest BCUT2D eigenvalue weighted by atomic mass is 19.1. The van der Waals surface area contributed by atoms with Gasteiger partial charge in [0.2, 0.25) is 0 Å². The molecule has 4 aliphatic heterocycles. The second-order valence-corrected chi connectivity index (χ2v) is 23.8. The van der Waals surface area contributed by atoms with Crippen molar-refractivity contribution in [3.63, 3.8) is 0 Å². The van der Waals surface area contributed by atoms with Crippen molar-refractivity contribution in [1.29, 1.82) is 0 Å². The molecule has 6 N–H and O–H groups in total. The second-order valence-electron chi connectivity index (χ2n) is 23.8. The predicted molar refractivity (Wildman–Crippen MR) is 286 cm³/mol. The number of carbonyl (C=O) groups excluding carboxylic acids is 1. The van der Waals surface area contributed by atoms with Crippen molar-refractivity contribution in [2.24, 2.45) is 17.8 Å². The maximum absolute atomic E-state index is 15.0. The van der Waals surface area contributed by atoms with Crippen LogP contribution in [0, 0.1) is 17.8 Å². The number of nitrogens with zero attached hydrogens (tertiary/aromatic N) is 6. The first kappa shape index (κ1) is 63.3. The average Bonchev–Trinajstić information content (AvgIpc) is 3.88. The minimum absolute atomic E-state index is 0.0875. The van der Waals surface area contributed by atoms with Gasteiger partial charge in [0.15, 0.2) is 12.6 Å². The molecule has 20 atom stereocenters. The maximum Gasteiger partial charge on any atom is 0.311 e. The quantitative estimate of drug-likeness (QED) is 0.125. The normalized spacial score (nSPS) is 39.6. The first-order chi connectivity index (χ1) is 36.3. The van der Waals surface area contributed by atoms with Crippen LogP contribution in [0.2, 0.25) is 0 Å². The summed E-state index contributed by atoms with van der Waals surface area (Å²) in [6.07, 6.45) is -7.84. The summed E-state index contributed by atoms with van der Waals surface area (Å²) in [6, 6.07) is 6.29. The molecule has 0 aliphatic carbocycles. The van der Waals surface area contributed by atoms with Gasteiger partial charge in [-0.05, 0) is 98.9 Å². The summed E-state index contributed by atoms with van der Waals surface area (Å²) >= 11 is 0. The molecule has 0 unspecified atom stereocenters. The second kappa shape index (κ2) is 27.3. The number of aromatic nitrogens is 3. The number of esters is 1. The van der Waals surface area contributed by atoms with Crippen LogP contribution in [0.5, 0.6) is 0 Å². The molecule has 6 rings (SSSR count). The standard InChI is InChI=1S/C56H96FN7O13/c1-15-44-56(10,70)49(66)37(6)62(12)30-33(2)27-54(8,69)51(35(4)47(36(5)52(68)75-44)76-45-28-55(9,72-14)50(67)38(7)74-45)77-53-46(65)42(26-34(3)73-53)61(11)23-20-41-32-64(60-59-41)43(29-57)48(71-13)40-18-16-39(17-19-40)31-63-24-21-58-22-25-63/h16-19,32-38,42-51,53,58,65-67,69-70H,15,20-31H2,1-14H3/t33-,34-,35+,36-,37-,38+,42+,43-,44-,45+,46-,47+,48-,49-,50+,51-,53+,54-,55-,56-/m1/s1. The number of methoxy groups -OCH3 is 2. The zero-order valence-corrected chi connectivity index (χ0v) is 48.5. The van der Waals surface area contributed by atoms with Gasteiger partial charge >= 0.3 is 5.97 Å². The number of cyclic esters (lactones) is 1. The zero-order valence-electron chi connectivity index (χ0n) is 48.5. The Labute approximate surface area is 457 Å². The van der Waals surface area contributed by atoms with Gasteiger partial charge in [0.05, 0.1) is 47.2 Å². The third-order valence-electron chi connectivity index (χ3n) is 17.4. The van der Waals surface area contributed by atoms with Crippen molar-refractivity contribution in [3.8, 4) is 0 Å². The number of halogens is 1. The Morgan fingerprint density at radius 2 is 1.64 bits per heavy atom. The van der Waals surface area contributed by atoms with Crippen LogP contribution in [0.1, 0.15) is 124 Å². The third kappa shape index (κ3) is 15.2. The summed E-state index contributed by atoms with van der Waals surface area (Å²) in [5.74, 6) is -2.86. The van der Waals surface area contributed by atoms with Crippen molar-refractivity contribution in [1.82, 2.24) is 35.0 Å². The van der Waals surface area contributed by atoms with E-state index < -0.39 is 127 Å². The molecule has 4 aliphatic rings. The molecule has 440 valence electrons. The average molecular weight is 1090 g/mol. The van der Waals surface area contributed by atoms with E-state index in [1.165, 1.54) is 24.3 Å². The number of carbonyl (C=O) groups is 1. The van der Waals surface area contributed by atoms with E-state index >= 15 is 0 Å². The van der Waals surface area contributed by atoms with Gasteiger partial charge in [0.25, 0.3) is 0 Å². The lowest BCUT2D eigenvalue weighted by molar-refractivity contribution is -0.318. The molecule has 0 saturated carbocycles. The fraction of sp³-hybridized carbons (Fsp3) is 0.839. The summed E-state index contributed by atoms with van der Waals surface area (Å²) in [5.41, 5.74) is -1.94. The van der Waals surface area contributed by atoms with Crippen LogP contribution in [0.15, 0.2) is 30.5 Å². The van der Waals surface area contributed by atoms with Gasteiger partial charge in [0, 0.05) is 97.1 Å². The number of piperazine rings is 1.